The Morgan fingerprint density at radius 1 is 1.12 bits per heavy atom. The highest BCUT2D eigenvalue weighted by atomic mass is 19.1. The number of nitrogens with one attached hydrogen (secondary N) is 1. The number of rotatable bonds is 4. The summed E-state index contributed by atoms with van der Waals surface area (Å²) in [5.74, 6) is 0.596. The lowest BCUT2D eigenvalue weighted by atomic mass is 9.91. The molecule has 4 nitrogen and oxygen atoms in total. The van der Waals surface area contributed by atoms with E-state index >= 15 is 0 Å². The fraction of sp³-hybridized carbons (Fsp3) is 0.350. The monoisotopic (exact) mass is 338 g/mol. The van der Waals surface area contributed by atoms with Crippen molar-refractivity contribution in [3.05, 3.63) is 59.9 Å². The highest BCUT2D eigenvalue weighted by molar-refractivity contribution is 5.78. The van der Waals surface area contributed by atoms with Crippen LogP contribution in [0.2, 0.25) is 0 Å². The molecule has 25 heavy (non-hydrogen) atoms. The van der Waals surface area contributed by atoms with Gasteiger partial charge in [-0.05, 0) is 42.7 Å². The van der Waals surface area contributed by atoms with Gasteiger partial charge in [-0.15, -0.1) is 0 Å². The van der Waals surface area contributed by atoms with Crippen LogP contribution < -0.4 is 11.1 Å². The Balaban J connectivity index is 1.70. The molecule has 0 amide bonds. The molecule has 1 saturated carbocycles. The Labute approximate surface area is 146 Å². The number of halogens is 1. The maximum Gasteiger partial charge on any atom is 0.204 e. The molecule has 2 atom stereocenters. The molecule has 1 aliphatic rings. The third-order valence-electron chi connectivity index (χ3n) is 5.02. The van der Waals surface area contributed by atoms with Crippen LogP contribution in [-0.2, 0) is 6.54 Å². The molecule has 0 aliphatic heterocycles. The van der Waals surface area contributed by atoms with Crippen molar-refractivity contribution >= 4 is 17.0 Å². The van der Waals surface area contributed by atoms with Gasteiger partial charge in [0.25, 0.3) is 0 Å². The van der Waals surface area contributed by atoms with E-state index in [-0.39, 0.29) is 17.9 Å². The van der Waals surface area contributed by atoms with Crippen molar-refractivity contribution < 1.29 is 4.39 Å². The molecule has 0 bridgehead atoms. The highest BCUT2D eigenvalue weighted by Gasteiger charge is 2.23. The molecule has 4 rings (SSSR count). The van der Waals surface area contributed by atoms with Crippen LogP contribution in [0, 0.1) is 5.82 Å². The van der Waals surface area contributed by atoms with E-state index in [2.05, 4.69) is 9.88 Å². The van der Waals surface area contributed by atoms with Crippen LogP contribution in [0.4, 0.5) is 10.3 Å². The number of fused-ring (bicyclic) bond motifs is 1. The number of hydrogen-bond acceptors (Lipinski definition) is 3. The fourth-order valence-corrected chi connectivity index (χ4v) is 3.67. The van der Waals surface area contributed by atoms with Crippen LogP contribution in [0.25, 0.3) is 11.0 Å². The first kappa shape index (κ1) is 16.1. The Bertz CT molecular complexity index is 873. The zero-order valence-corrected chi connectivity index (χ0v) is 14.2. The first-order valence-corrected chi connectivity index (χ1v) is 8.92. The summed E-state index contributed by atoms with van der Waals surface area (Å²) in [5.41, 5.74) is 9.19. The van der Waals surface area contributed by atoms with Crippen LogP contribution in [0.15, 0.2) is 48.5 Å². The third kappa shape index (κ3) is 3.37. The number of nitrogens with two attached hydrogens (primary N) is 1. The summed E-state index contributed by atoms with van der Waals surface area (Å²) in [4.78, 5) is 4.76. The summed E-state index contributed by atoms with van der Waals surface area (Å²) in [6.07, 6.45) is 4.49. The minimum atomic E-state index is -0.217. The van der Waals surface area contributed by atoms with Crippen molar-refractivity contribution in [3.8, 4) is 0 Å². The van der Waals surface area contributed by atoms with Gasteiger partial charge in [0.1, 0.15) is 5.82 Å². The smallest absolute Gasteiger partial charge is 0.204 e. The van der Waals surface area contributed by atoms with Crippen LogP contribution in [-0.4, -0.2) is 21.6 Å². The molecule has 1 aromatic heterocycles. The van der Waals surface area contributed by atoms with Crippen molar-refractivity contribution in [1.29, 1.82) is 0 Å². The summed E-state index contributed by atoms with van der Waals surface area (Å²) in [7, 11) is 0. The molecular formula is C20H23FN4. The van der Waals surface area contributed by atoms with E-state index in [0.29, 0.717) is 6.54 Å². The van der Waals surface area contributed by atoms with E-state index in [1.54, 1.807) is 12.1 Å². The van der Waals surface area contributed by atoms with Gasteiger partial charge in [0.15, 0.2) is 0 Å². The second kappa shape index (κ2) is 6.84. The molecule has 130 valence electrons. The highest BCUT2D eigenvalue weighted by Crippen LogP contribution is 2.25. The number of benzene rings is 2. The van der Waals surface area contributed by atoms with Crippen LogP contribution >= 0.6 is 0 Å². The normalized spacial score (nSPS) is 20.7. The number of imidazole rings is 1. The predicted molar refractivity (Wildman–Crippen MR) is 99.1 cm³/mol. The summed E-state index contributed by atoms with van der Waals surface area (Å²) < 4.78 is 15.7. The first-order chi connectivity index (χ1) is 12.2. The minimum Gasteiger partial charge on any atom is -0.351 e. The summed E-state index contributed by atoms with van der Waals surface area (Å²) >= 11 is 0. The lowest BCUT2D eigenvalue weighted by molar-refractivity contribution is 0.401. The van der Waals surface area contributed by atoms with Gasteiger partial charge < -0.3 is 15.6 Å². The van der Waals surface area contributed by atoms with Gasteiger partial charge in [0.05, 0.1) is 17.6 Å². The van der Waals surface area contributed by atoms with Crippen molar-refractivity contribution in [2.24, 2.45) is 5.73 Å². The van der Waals surface area contributed by atoms with Crippen molar-refractivity contribution in [1.82, 2.24) is 9.55 Å². The zero-order chi connectivity index (χ0) is 17.2. The molecule has 0 spiro atoms. The Kier molecular flexibility index (Phi) is 4.40. The topological polar surface area (TPSA) is 55.9 Å². The molecule has 1 fully saturated rings. The van der Waals surface area contributed by atoms with Crippen LogP contribution in [0.5, 0.6) is 0 Å². The van der Waals surface area contributed by atoms with Crippen LogP contribution in [0.3, 0.4) is 0 Å². The standard InChI is InChI=1S/C20H23FN4/c21-15-7-5-6-14(12-15)13-25-19-11-4-3-10-18(19)24-20(25)23-17-9-2-1-8-16(17)22/h3-7,10-12,16-17H,1-2,8-9,13,22H2,(H,23,24)/t16-,17-/m1/s1. The largest absolute Gasteiger partial charge is 0.351 e. The number of hydrogen-bond donors (Lipinski definition) is 2. The molecule has 3 aromatic rings. The van der Waals surface area contributed by atoms with Gasteiger partial charge in [-0.25, -0.2) is 9.37 Å². The van der Waals surface area contributed by atoms with Crippen molar-refractivity contribution in [2.75, 3.05) is 5.32 Å². The predicted octanol–water partition coefficient (Wildman–Crippen LogP) is 3.91. The number of para-hydroxylation sites is 2. The second-order valence-electron chi connectivity index (χ2n) is 6.84. The maximum atomic E-state index is 13.6. The first-order valence-electron chi connectivity index (χ1n) is 8.92. The quantitative estimate of drug-likeness (QED) is 0.758. The minimum absolute atomic E-state index is 0.149. The third-order valence-corrected chi connectivity index (χ3v) is 5.02. The molecule has 1 heterocycles. The van der Waals surface area contributed by atoms with E-state index in [1.165, 1.54) is 18.9 Å². The lowest BCUT2D eigenvalue weighted by Crippen LogP contribution is -2.43. The van der Waals surface area contributed by atoms with Gasteiger partial charge in [-0.3, -0.25) is 0 Å². The number of nitrogens with zero attached hydrogens (tertiary/aromatic N) is 2. The van der Waals surface area contributed by atoms with Gasteiger partial charge in [-0.2, -0.15) is 0 Å². The molecule has 0 saturated heterocycles. The van der Waals surface area contributed by atoms with Gasteiger partial charge in [0, 0.05) is 12.1 Å². The Morgan fingerprint density at radius 2 is 1.96 bits per heavy atom. The average molecular weight is 338 g/mol. The van der Waals surface area contributed by atoms with Gasteiger partial charge >= 0.3 is 0 Å². The zero-order valence-electron chi connectivity index (χ0n) is 14.2. The second-order valence-corrected chi connectivity index (χ2v) is 6.84. The van der Waals surface area contributed by atoms with E-state index in [0.717, 1.165) is 35.4 Å². The summed E-state index contributed by atoms with van der Waals surface area (Å²) in [6, 6.07) is 15.1. The van der Waals surface area contributed by atoms with E-state index in [4.69, 9.17) is 10.7 Å². The van der Waals surface area contributed by atoms with Crippen molar-refractivity contribution in [2.45, 2.75) is 44.3 Å². The number of anilines is 1. The fourth-order valence-electron chi connectivity index (χ4n) is 3.67. The average Bonchev–Trinajstić information content (AvgIpc) is 2.95. The molecule has 3 N–H and O–H groups in total. The number of aromatic nitrogens is 2. The Morgan fingerprint density at radius 3 is 2.80 bits per heavy atom. The van der Waals surface area contributed by atoms with Gasteiger partial charge in [0.2, 0.25) is 5.95 Å². The Hall–Kier alpha value is -2.40. The summed E-state index contributed by atoms with van der Waals surface area (Å²) in [5, 5.41) is 3.56. The molecular weight excluding hydrogens is 315 g/mol. The molecule has 0 radical (unpaired) electrons. The van der Waals surface area contributed by atoms with Crippen molar-refractivity contribution in [3.63, 3.8) is 0 Å². The van der Waals surface area contributed by atoms with E-state index in [9.17, 15) is 4.39 Å². The molecule has 5 heteroatoms. The summed E-state index contributed by atoms with van der Waals surface area (Å²) in [6.45, 7) is 0.572. The lowest BCUT2D eigenvalue weighted by Gasteiger charge is -2.29. The molecule has 2 aromatic carbocycles. The molecule has 0 unspecified atom stereocenters. The SMILES string of the molecule is N[C@@H]1CCCC[C@H]1Nc1nc2ccccc2n1Cc1cccc(F)c1. The molecule has 1 aliphatic carbocycles. The van der Waals surface area contributed by atoms with E-state index in [1.807, 2.05) is 30.3 Å². The van der Waals surface area contributed by atoms with Gasteiger partial charge in [-0.1, -0.05) is 37.1 Å². The maximum absolute atomic E-state index is 13.6. The van der Waals surface area contributed by atoms with E-state index < -0.39 is 0 Å². The van der Waals surface area contributed by atoms with Crippen LogP contribution in [0.1, 0.15) is 31.2 Å².